The largest absolute Gasteiger partial charge is 0.333 e. The van der Waals surface area contributed by atoms with Gasteiger partial charge in [0, 0.05) is 18.1 Å². The molecule has 1 aliphatic rings. The molecular weight excluding hydrogens is 226 g/mol. The van der Waals surface area contributed by atoms with E-state index in [1.165, 1.54) is 0 Å². The molecule has 0 aliphatic carbocycles. The van der Waals surface area contributed by atoms with Crippen molar-refractivity contribution in [1.82, 2.24) is 15.1 Å². The topological polar surface area (TPSA) is 35.6 Å². The van der Waals surface area contributed by atoms with E-state index in [2.05, 4.69) is 42.8 Å². The molecule has 0 aromatic heterocycles. The molecule has 1 heterocycles. The van der Waals surface area contributed by atoms with Crippen LogP contribution in [0.25, 0.3) is 0 Å². The minimum Gasteiger partial charge on any atom is -0.333 e. The maximum absolute atomic E-state index is 12.7. The Morgan fingerprint density at radius 2 is 2.11 bits per heavy atom. The highest BCUT2D eigenvalue weighted by atomic mass is 16.2. The van der Waals surface area contributed by atoms with Crippen LogP contribution in [0.1, 0.15) is 40.5 Å². The second kappa shape index (κ2) is 6.02. The molecule has 2 atom stereocenters. The summed E-state index contributed by atoms with van der Waals surface area (Å²) in [5, 5.41) is 3.39. The Hall–Kier alpha value is -0.610. The first kappa shape index (κ1) is 15.4. The molecule has 106 valence electrons. The normalized spacial score (nSPS) is 26.3. The van der Waals surface area contributed by atoms with Gasteiger partial charge >= 0.3 is 0 Å². The average molecular weight is 255 g/mol. The van der Waals surface area contributed by atoms with E-state index in [1.807, 2.05) is 14.1 Å². The van der Waals surface area contributed by atoms with Gasteiger partial charge in [-0.2, -0.15) is 0 Å². The van der Waals surface area contributed by atoms with Gasteiger partial charge in [0.15, 0.2) is 0 Å². The lowest BCUT2D eigenvalue weighted by Crippen LogP contribution is -2.56. The maximum Gasteiger partial charge on any atom is 0.241 e. The number of likely N-dealkylation sites (N-methyl/N-ethyl adjacent to an activating group) is 1. The molecule has 0 aromatic rings. The van der Waals surface area contributed by atoms with Gasteiger partial charge in [-0.3, -0.25) is 4.79 Å². The molecule has 0 spiro atoms. The van der Waals surface area contributed by atoms with Crippen molar-refractivity contribution in [2.75, 3.05) is 27.2 Å². The molecule has 0 radical (unpaired) electrons. The summed E-state index contributed by atoms with van der Waals surface area (Å²) in [4.78, 5) is 16.9. The second-order valence-electron chi connectivity index (χ2n) is 6.30. The molecule has 1 saturated heterocycles. The zero-order valence-electron chi connectivity index (χ0n) is 12.8. The third-order valence-corrected chi connectivity index (χ3v) is 3.89. The first-order chi connectivity index (χ1) is 8.29. The fourth-order valence-corrected chi connectivity index (χ4v) is 2.73. The molecule has 0 saturated carbocycles. The summed E-state index contributed by atoms with van der Waals surface area (Å²) in [7, 11) is 4.02. The Morgan fingerprint density at radius 3 is 2.61 bits per heavy atom. The quantitative estimate of drug-likeness (QED) is 0.823. The molecule has 2 unspecified atom stereocenters. The van der Waals surface area contributed by atoms with Crippen LogP contribution in [0, 0.1) is 0 Å². The van der Waals surface area contributed by atoms with Gasteiger partial charge in [-0.25, -0.2) is 0 Å². The molecule has 1 N–H and O–H groups in total. The number of hydrogen-bond donors (Lipinski definition) is 1. The van der Waals surface area contributed by atoms with Crippen LogP contribution in [0.4, 0.5) is 0 Å². The van der Waals surface area contributed by atoms with E-state index in [-0.39, 0.29) is 17.5 Å². The van der Waals surface area contributed by atoms with E-state index in [0.29, 0.717) is 6.04 Å². The third-order valence-electron chi connectivity index (χ3n) is 3.89. The highest BCUT2D eigenvalue weighted by Crippen LogP contribution is 2.26. The van der Waals surface area contributed by atoms with E-state index in [1.54, 1.807) is 0 Å². The van der Waals surface area contributed by atoms with Crippen molar-refractivity contribution >= 4 is 5.91 Å². The predicted molar refractivity (Wildman–Crippen MR) is 75.6 cm³/mol. The van der Waals surface area contributed by atoms with Crippen molar-refractivity contribution in [3.63, 3.8) is 0 Å². The standard InChI is InChI=1S/C14H29N3O/c1-7-11(2)17-13(18)12(10-16(5)6)15-9-8-14(17,3)4/h11-12,15H,7-10H2,1-6H3. The molecule has 18 heavy (non-hydrogen) atoms. The number of hydrogen-bond acceptors (Lipinski definition) is 3. The summed E-state index contributed by atoms with van der Waals surface area (Å²) < 4.78 is 0. The lowest BCUT2D eigenvalue weighted by molar-refractivity contribution is -0.140. The Bertz CT molecular complexity index is 289. The summed E-state index contributed by atoms with van der Waals surface area (Å²) in [6.07, 6.45) is 2.01. The zero-order valence-corrected chi connectivity index (χ0v) is 12.8. The molecular formula is C14H29N3O. The van der Waals surface area contributed by atoms with Crippen LogP contribution >= 0.6 is 0 Å². The van der Waals surface area contributed by atoms with Crippen molar-refractivity contribution in [2.45, 2.75) is 58.2 Å². The van der Waals surface area contributed by atoms with Gasteiger partial charge in [-0.1, -0.05) is 6.92 Å². The first-order valence-corrected chi connectivity index (χ1v) is 7.01. The average Bonchev–Trinajstić information content (AvgIpc) is 2.35. The van der Waals surface area contributed by atoms with Crippen LogP contribution in [0.15, 0.2) is 0 Å². The van der Waals surface area contributed by atoms with Crippen molar-refractivity contribution in [3.8, 4) is 0 Å². The SMILES string of the molecule is CCC(C)N1C(=O)C(CN(C)C)NCCC1(C)C. The molecule has 4 nitrogen and oxygen atoms in total. The Labute approximate surface area is 112 Å². The zero-order chi connectivity index (χ0) is 13.9. The summed E-state index contributed by atoms with van der Waals surface area (Å²) in [6, 6.07) is 0.229. The summed E-state index contributed by atoms with van der Waals surface area (Å²) in [5.41, 5.74) is -0.0550. The summed E-state index contributed by atoms with van der Waals surface area (Å²) in [5.74, 6) is 0.251. The van der Waals surface area contributed by atoms with Crippen molar-refractivity contribution in [2.24, 2.45) is 0 Å². The summed E-state index contributed by atoms with van der Waals surface area (Å²) in [6.45, 7) is 10.3. The van der Waals surface area contributed by atoms with Crippen LogP contribution in [-0.2, 0) is 4.79 Å². The number of amides is 1. The summed E-state index contributed by atoms with van der Waals surface area (Å²) >= 11 is 0. The van der Waals surface area contributed by atoms with Crippen LogP contribution in [-0.4, -0.2) is 60.5 Å². The second-order valence-corrected chi connectivity index (χ2v) is 6.30. The van der Waals surface area contributed by atoms with E-state index in [4.69, 9.17) is 0 Å². The van der Waals surface area contributed by atoms with Gasteiger partial charge in [0.05, 0.1) is 6.04 Å². The number of carbonyl (C=O) groups is 1. The lowest BCUT2D eigenvalue weighted by Gasteiger charge is -2.42. The Morgan fingerprint density at radius 1 is 1.50 bits per heavy atom. The maximum atomic E-state index is 12.7. The molecule has 0 aromatic carbocycles. The minimum atomic E-state index is -0.0734. The van der Waals surface area contributed by atoms with Crippen LogP contribution in [0.5, 0.6) is 0 Å². The van der Waals surface area contributed by atoms with Gasteiger partial charge in [0.2, 0.25) is 5.91 Å². The number of rotatable bonds is 4. The molecule has 0 bridgehead atoms. The number of nitrogens with one attached hydrogen (secondary N) is 1. The van der Waals surface area contributed by atoms with E-state index in [9.17, 15) is 4.79 Å². The Balaban J connectivity index is 2.95. The minimum absolute atomic E-state index is 0.0550. The molecule has 1 fully saturated rings. The number of nitrogens with zero attached hydrogens (tertiary/aromatic N) is 2. The Kier molecular flexibility index (Phi) is 5.17. The van der Waals surface area contributed by atoms with Crippen molar-refractivity contribution in [3.05, 3.63) is 0 Å². The lowest BCUT2D eigenvalue weighted by atomic mass is 9.95. The molecule has 4 heteroatoms. The fourth-order valence-electron chi connectivity index (χ4n) is 2.73. The first-order valence-electron chi connectivity index (χ1n) is 7.01. The van der Waals surface area contributed by atoms with Gasteiger partial charge in [0.25, 0.3) is 0 Å². The van der Waals surface area contributed by atoms with Crippen molar-refractivity contribution in [1.29, 1.82) is 0 Å². The number of carbonyl (C=O) groups excluding carboxylic acids is 1. The van der Waals surface area contributed by atoms with Gasteiger partial charge in [-0.05, 0) is 54.3 Å². The monoisotopic (exact) mass is 255 g/mol. The van der Waals surface area contributed by atoms with Gasteiger partial charge in [0.1, 0.15) is 0 Å². The van der Waals surface area contributed by atoms with Gasteiger partial charge < -0.3 is 15.1 Å². The molecule has 1 rings (SSSR count). The van der Waals surface area contributed by atoms with Gasteiger partial charge in [-0.15, -0.1) is 0 Å². The smallest absolute Gasteiger partial charge is 0.241 e. The van der Waals surface area contributed by atoms with Crippen LogP contribution < -0.4 is 5.32 Å². The van der Waals surface area contributed by atoms with E-state index < -0.39 is 0 Å². The fraction of sp³-hybridized carbons (Fsp3) is 0.929. The highest BCUT2D eigenvalue weighted by Gasteiger charge is 2.39. The predicted octanol–water partition coefficient (Wildman–Crippen LogP) is 1.32. The van der Waals surface area contributed by atoms with Crippen LogP contribution in [0.3, 0.4) is 0 Å². The third kappa shape index (κ3) is 3.45. The van der Waals surface area contributed by atoms with Crippen LogP contribution in [0.2, 0.25) is 0 Å². The van der Waals surface area contributed by atoms with E-state index in [0.717, 1.165) is 25.9 Å². The van der Waals surface area contributed by atoms with Crippen molar-refractivity contribution < 1.29 is 4.79 Å². The highest BCUT2D eigenvalue weighted by molar-refractivity contribution is 5.83. The molecule has 1 amide bonds. The van der Waals surface area contributed by atoms with E-state index >= 15 is 0 Å². The molecule has 1 aliphatic heterocycles.